The maximum Gasteiger partial charge on any atom is 0.327 e. The Bertz CT molecular complexity index is 851. The average Bonchev–Trinajstić information content (AvgIpc) is 2.94. The summed E-state index contributed by atoms with van der Waals surface area (Å²) in [6.45, 7) is 0.831. The second-order valence-electron chi connectivity index (χ2n) is 7.60. The minimum Gasteiger partial charge on any atom is -0.497 e. The van der Waals surface area contributed by atoms with Crippen LogP contribution in [-0.2, 0) is 17.8 Å². The number of fused-ring (bicyclic) bond motifs is 2. The number of nitrogens with zero attached hydrogens (tertiary/aromatic N) is 3. The van der Waals surface area contributed by atoms with Gasteiger partial charge >= 0.3 is 6.03 Å². The van der Waals surface area contributed by atoms with Crippen LogP contribution < -0.4 is 4.74 Å². The summed E-state index contributed by atoms with van der Waals surface area (Å²) in [5, 5.41) is 0. The highest BCUT2D eigenvalue weighted by Gasteiger charge is 2.47. The van der Waals surface area contributed by atoms with E-state index in [0.29, 0.717) is 19.5 Å². The zero-order chi connectivity index (χ0) is 19.8. The molecule has 3 amide bonds. The van der Waals surface area contributed by atoms with Crippen LogP contribution in [0.2, 0.25) is 0 Å². The highest BCUT2D eigenvalue weighted by Crippen LogP contribution is 2.32. The molecule has 0 radical (unpaired) electrons. The third kappa shape index (κ3) is 3.14. The molecular formula is C22H25N3O3. The van der Waals surface area contributed by atoms with Crippen LogP contribution in [0.25, 0.3) is 0 Å². The van der Waals surface area contributed by atoms with Crippen LogP contribution in [0, 0.1) is 0 Å². The van der Waals surface area contributed by atoms with Crippen LogP contribution in [0.4, 0.5) is 4.79 Å². The number of amides is 3. The van der Waals surface area contributed by atoms with Crippen molar-refractivity contribution in [2.45, 2.75) is 25.0 Å². The Kier molecular flexibility index (Phi) is 4.81. The van der Waals surface area contributed by atoms with Gasteiger partial charge < -0.3 is 14.5 Å². The van der Waals surface area contributed by atoms with Gasteiger partial charge in [0.15, 0.2) is 0 Å². The Labute approximate surface area is 165 Å². The maximum absolute atomic E-state index is 13.1. The molecule has 4 rings (SSSR count). The van der Waals surface area contributed by atoms with E-state index in [1.54, 1.807) is 12.0 Å². The van der Waals surface area contributed by atoms with Gasteiger partial charge in [-0.25, -0.2) is 4.79 Å². The standard InChI is InChI=1S/C22H25N3O3/c1-23(2)20(15-8-10-18(28-3)11-9-15)14-25-21(26)19-12-16-6-4-5-7-17(16)13-24(19)22(25)27/h4-11,19-20H,12-14H2,1-3H3/t19-,20+/m1/s1. The lowest BCUT2D eigenvalue weighted by Crippen LogP contribution is -2.40. The molecule has 2 aliphatic heterocycles. The third-order valence-electron chi connectivity index (χ3n) is 5.76. The number of rotatable bonds is 5. The van der Waals surface area contributed by atoms with Crippen molar-refractivity contribution in [3.8, 4) is 5.75 Å². The van der Waals surface area contributed by atoms with E-state index >= 15 is 0 Å². The molecule has 6 heteroatoms. The summed E-state index contributed by atoms with van der Waals surface area (Å²) < 4.78 is 5.23. The van der Waals surface area contributed by atoms with Crippen molar-refractivity contribution in [2.24, 2.45) is 0 Å². The van der Waals surface area contributed by atoms with Crippen molar-refractivity contribution in [1.29, 1.82) is 0 Å². The number of likely N-dealkylation sites (N-methyl/N-ethyl adjacent to an activating group) is 1. The van der Waals surface area contributed by atoms with E-state index in [4.69, 9.17) is 4.74 Å². The van der Waals surface area contributed by atoms with Crippen LogP contribution in [0.3, 0.4) is 0 Å². The molecule has 28 heavy (non-hydrogen) atoms. The van der Waals surface area contributed by atoms with Gasteiger partial charge in [0.1, 0.15) is 11.8 Å². The molecule has 1 saturated heterocycles. The quantitative estimate of drug-likeness (QED) is 0.750. The molecule has 2 aromatic carbocycles. The number of hydrogen-bond acceptors (Lipinski definition) is 4. The van der Waals surface area contributed by atoms with E-state index in [2.05, 4.69) is 0 Å². The Balaban J connectivity index is 1.57. The molecular weight excluding hydrogens is 354 g/mol. The monoisotopic (exact) mass is 379 g/mol. The summed E-state index contributed by atoms with van der Waals surface area (Å²) in [6, 6.07) is 15.2. The topological polar surface area (TPSA) is 53.1 Å². The highest BCUT2D eigenvalue weighted by atomic mass is 16.5. The fourth-order valence-corrected chi connectivity index (χ4v) is 4.11. The van der Waals surface area contributed by atoms with Gasteiger partial charge in [-0.2, -0.15) is 0 Å². The van der Waals surface area contributed by atoms with Crippen molar-refractivity contribution in [2.75, 3.05) is 27.7 Å². The molecule has 1 fully saturated rings. The van der Waals surface area contributed by atoms with Gasteiger partial charge in [-0.1, -0.05) is 36.4 Å². The Morgan fingerprint density at radius 1 is 1.07 bits per heavy atom. The van der Waals surface area contributed by atoms with Gasteiger partial charge in [0.25, 0.3) is 5.91 Å². The molecule has 0 spiro atoms. The largest absolute Gasteiger partial charge is 0.497 e. The normalized spacial score (nSPS) is 19.6. The van der Waals surface area contributed by atoms with E-state index in [9.17, 15) is 9.59 Å². The fourth-order valence-electron chi connectivity index (χ4n) is 4.11. The average molecular weight is 379 g/mol. The first-order valence-corrected chi connectivity index (χ1v) is 9.48. The zero-order valence-corrected chi connectivity index (χ0v) is 16.5. The Morgan fingerprint density at radius 2 is 1.75 bits per heavy atom. The Morgan fingerprint density at radius 3 is 2.39 bits per heavy atom. The SMILES string of the molecule is COc1ccc([C@H](CN2C(=O)[C@H]3Cc4ccccc4CN3C2=O)N(C)C)cc1. The number of urea groups is 1. The molecule has 2 heterocycles. The number of benzene rings is 2. The van der Waals surface area contributed by atoms with Gasteiger partial charge in [-0.3, -0.25) is 9.69 Å². The van der Waals surface area contributed by atoms with Crippen LogP contribution in [0.15, 0.2) is 48.5 Å². The number of carbonyl (C=O) groups is 2. The summed E-state index contributed by atoms with van der Waals surface area (Å²) >= 11 is 0. The molecule has 2 aromatic rings. The molecule has 0 saturated carbocycles. The predicted molar refractivity (Wildman–Crippen MR) is 106 cm³/mol. The summed E-state index contributed by atoms with van der Waals surface area (Å²) in [5.74, 6) is 0.685. The summed E-state index contributed by atoms with van der Waals surface area (Å²) in [4.78, 5) is 31.3. The van der Waals surface area contributed by atoms with E-state index in [-0.39, 0.29) is 24.0 Å². The maximum atomic E-state index is 13.1. The molecule has 2 atom stereocenters. The van der Waals surface area contributed by atoms with E-state index in [1.807, 2.05) is 67.5 Å². The summed E-state index contributed by atoms with van der Waals surface area (Å²) in [5.41, 5.74) is 3.33. The van der Waals surface area contributed by atoms with E-state index in [1.165, 1.54) is 4.90 Å². The van der Waals surface area contributed by atoms with Crippen molar-refractivity contribution in [3.63, 3.8) is 0 Å². The molecule has 0 aliphatic carbocycles. The van der Waals surface area contributed by atoms with Gasteiger partial charge in [0.05, 0.1) is 19.7 Å². The number of carbonyl (C=O) groups excluding carboxylic acids is 2. The second-order valence-corrected chi connectivity index (χ2v) is 7.60. The summed E-state index contributed by atoms with van der Waals surface area (Å²) in [6.07, 6.45) is 0.590. The fraction of sp³-hybridized carbons (Fsp3) is 0.364. The number of methoxy groups -OCH3 is 1. The minimum absolute atomic E-state index is 0.0810. The number of hydrogen-bond donors (Lipinski definition) is 0. The zero-order valence-electron chi connectivity index (χ0n) is 16.5. The molecule has 0 bridgehead atoms. The van der Waals surface area contributed by atoms with Gasteiger partial charge in [-0.05, 0) is 42.9 Å². The number of ether oxygens (including phenoxy) is 1. The first-order valence-electron chi connectivity index (χ1n) is 9.48. The van der Waals surface area contributed by atoms with Crippen molar-refractivity contribution >= 4 is 11.9 Å². The molecule has 0 N–H and O–H groups in total. The smallest absolute Gasteiger partial charge is 0.327 e. The minimum atomic E-state index is -0.388. The van der Waals surface area contributed by atoms with Crippen LogP contribution in [0.1, 0.15) is 22.7 Å². The second kappa shape index (κ2) is 7.28. The van der Waals surface area contributed by atoms with Crippen LogP contribution in [0.5, 0.6) is 5.75 Å². The van der Waals surface area contributed by atoms with Crippen molar-refractivity contribution in [3.05, 3.63) is 65.2 Å². The first kappa shape index (κ1) is 18.5. The Hall–Kier alpha value is -2.86. The molecule has 0 aromatic heterocycles. The molecule has 2 aliphatic rings. The predicted octanol–water partition coefficient (Wildman–Crippen LogP) is 2.69. The van der Waals surface area contributed by atoms with Crippen LogP contribution >= 0.6 is 0 Å². The van der Waals surface area contributed by atoms with Crippen molar-refractivity contribution in [1.82, 2.24) is 14.7 Å². The lowest BCUT2D eigenvalue weighted by atomic mass is 9.95. The van der Waals surface area contributed by atoms with Gasteiger partial charge in [0, 0.05) is 13.0 Å². The van der Waals surface area contributed by atoms with Crippen LogP contribution in [-0.4, -0.2) is 60.4 Å². The molecule has 0 unspecified atom stereocenters. The lowest BCUT2D eigenvalue weighted by molar-refractivity contribution is -0.129. The van der Waals surface area contributed by atoms with Gasteiger partial charge in [0.2, 0.25) is 0 Å². The molecule has 6 nitrogen and oxygen atoms in total. The third-order valence-corrected chi connectivity index (χ3v) is 5.76. The lowest BCUT2D eigenvalue weighted by Gasteiger charge is -2.29. The van der Waals surface area contributed by atoms with E-state index < -0.39 is 0 Å². The number of imide groups is 1. The highest BCUT2D eigenvalue weighted by molar-refractivity contribution is 6.04. The first-order chi connectivity index (χ1) is 13.5. The van der Waals surface area contributed by atoms with Crippen molar-refractivity contribution < 1.29 is 14.3 Å². The van der Waals surface area contributed by atoms with E-state index in [0.717, 1.165) is 22.4 Å². The summed E-state index contributed by atoms with van der Waals surface area (Å²) in [7, 11) is 5.56. The molecule has 146 valence electrons. The van der Waals surface area contributed by atoms with Gasteiger partial charge in [-0.15, -0.1) is 0 Å².